The van der Waals surface area contributed by atoms with Crippen molar-refractivity contribution in [2.75, 3.05) is 32.1 Å². The topological polar surface area (TPSA) is 72.4 Å². The van der Waals surface area contributed by atoms with Gasteiger partial charge in [0.1, 0.15) is 0 Å². The van der Waals surface area contributed by atoms with Gasteiger partial charge >= 0.3 is 0 Å². The lowest BCUT2D eigenvalue weighted by molar-refractivity contribution is -0.117. The van der Waals surface area contributed by atoms with Crippen LogP contribution >= 0.6 is 0 Å². The van der Waals surface area contributed by atoms with Crippen molar-refractivity contribution in [2.24, 2.45) is 5.92 Å². The minimum atomic E-state index is -0.0989. The molecule has 1 aromatic rings. The highest BCUT2D eigenvalue weighted by molar-refractivity contribution is 5.90. The molecular weight excluding hydrogens is 246 g/mol. The van der Waals surface area contributed by atoms with Gasteiger partial charge in [-0.2, -0.15) is 0 Å². The SMILES string of the molecule is COCCn1cc(NC(=O)CC2CNC2)ccc1=O. The molecule has 0 aromatic carbocycles. The Labute approximate surface area is 111 Å². The summed E-state index contributed by atoms with van der Waals surface area (Å²) in [6, 6.07) is 3.08. The fourth-order valence-corrected chi connectivity index (χ4v) is 1.94. The number of ether oxygens (including phenoxy) is 1. The fourth-order valence-electron chi connectivity index (χ4n) is 1.94. The molecule has 6 heteroatoms. The Morgan fingerprint density at radius 3 is 2.95 bits per heavy atom. The average Bonchev–Trinajstić information content (AvgIpc) is 2.34. The van der Waals surface area contributed by atoms with E-state index in [1.807, 2.05) is 0 Å². The zero-order chi connectivity index (χ0) is 13.7. The van der Waals surface area contributed by atoms with Gasteiger partial charge in [-0.3, -0.25) is 9.59 Å². The van der Waals surface area contributed by atoms with Gasteiger partial charge in [0.15, 0.2) is 0 Å². The van der Waals surface area contributed by atoms with Gasteiger partial charge in [-0.25, -0.2) is 0 Å². The lowest BCUT2D eigenvalue weighted by atomic mass is 9.99. The first kappa shape index (κ1) is 13.8. The Balaban J connectivity index is 1.95. The van der Waals surface area contributed by atoms with Gasteiger partial charge in [0, 0.05) is 32.3 Å². The van der Waals surface area contributed by atoms with Crippen LogP contribution in [0.3, 0.4) is 0 Å². The Morgan fingerprint density at radius 1 is 1.53 bits per heavy atom. The fraction of sp³-hybridized carbons (Fsp3) is 0.538. The maximum Gasteiger partial charge on any atom is 0.250 e. The second-order valence-electron chi connectivity index (χ2n) is 4.72. The zero-order valence-electron chi connectivity index (χ0n) is 11.0. The van der Waals surface area contributed by atoms with E-state index in [1.165, 1.54) is 10.6 Å². The monoisotopic (exact) mass is 265 g/mol. The van der Waals surface area contributed by atoms with E-state index < -0.39 is 0 Å². The smallest absolute Gasteiger partial charge is 0.250 e. The van der Waals surface area contributed by atoms with Crippen LogP contribution in [0.25, 0.3) is 0 Å². The second-order valence-corrected chi connectivity index (χ2v) is 4.72. The average molecular weight is 265 g/mol. The molecule has 0 unspecified atom stereocenters. The number of methoxy groups -OCH3 is 1. The molecule has 1 aromatic heterocycles. The normalized spacial score (nSPS) is 15.0. The molecule has 2 N–H and O–H groups in total. The number of pyridine rings is 1. The largest absolute Gasteiger partial charge is 0.383 e. The quantitative estimate of drug-likeness (QED) is 0.762. The first-order valence-electron chi connectivity index (χ1n) is 6.39. The van der Waals surface area contributed by atoms with Crippen LogP contribution in [0, 0.1) is 5.92 Å². The first-order chi connectivity index (χ1) is 9.19. The molecule has 1 amide bonds. The summed E-state index contributed by atoms with van der Waals surface area (Å²) < 4.78 is 6.47. The summed E-state index contributed by atoms with van der Waals surface area (Å²) >= 11 is 0. The number of amides is 1. The third kappa shape index (κ3) is 3.90. The maximum atomic E-state index is 11.8. The van der Waals surface area contributed by atoms with E-state index in [-0.39, 0.29) is 11.5 Å². The highest BCUT2D eigenvalue weighted by Crippen LogP contribution is 2.11. The molecule has 0 bridgehead atoms. The van der Waals surface area contributed by atoms with Crippen LogP contribution in [0.1, 0.15) is 6.42 Å². The van der Waals surface area contributed by atoms with E-state index in [0.717, 1.165) is 13.1 Å². The highest BCUT2D eigenvalue weighted by Gasteiger charge is 2.20. The number of anilines is 1. The van der Waals surface area contributed by atoms with Gasteiger partial charge in [0.25, 0.3) is 5.56 Å². The molecule has 0 radical (unpaired) electrons. The molecule has 0 atom stereocenters. The third-order valence-electron chi connectivity index (χ3n) is 3.14. The van der Waals surface area contributed by atoms with Crippen molar-refractivity contribution < 1.29 is 9.53 Å². The standard InChI is InChI=1S/C13H19N3O3/c1-19-5-4-16-9-11(2-3-13(16)18)15-12(17)6-10-7-14-8-10/h2-3,9-10,14H,4-8H2,1H3,(H,15,17). The van der Waals surface area contributed by atoms with Crippen molar-refractivity contribution in [1.29, 1.82) is 0 Å². The predicted molar refractivity (Wildman–Crippen MR) is 72.2 cm³/mol. The Bertz CT molecular complexity index is 494. The minimum absolute atomic E-state index is 0.0107. The van der Waals surface area contributed by atoms with Crippen molar-refractivity contribution in [1.82, 2.24) is 9.88 Å². The van der Waals surface area contributed by atoms with E-state index in [2.05, 4.69) is 10.6 Å². The molecule has 2 heterocycles. The molecule has 0 saturated carbocycles. The van der Waals surface area contributed by atoms with E-state index >= 15 is 0 Å². The molecule has 2 rings (SSSR count). The number of carbonyl (C=O) groups excluding carboxylic acids is 1. The van der Waals surface area contributed by atoms with Gasteiger partial charge in [-0.1, -0.05) is 0 Å². The highest BCUT2D eigenvalue weighted by atomic mass is 16.5. The molecule has 6 nitrogen and oxygen atoms in total. The van der Waals surface area contributed by atoms with Crippen molar-refractivity contribution >= 4 is 11.6 Å². The number of hydrogen-bond donors (Lipinski definition) is 2. The summed E-state index contributed by atoms with van der Waals surface area (Å²) in [5, 5.41) is 5.95. The summed E-state index contributed by atoms with van der Waals surface area (Å²) in [7, 11) is 1.59. The summed E-state index contributed by atoms with van der Waals surface area (Å²) in [4.78, 5) is 23.4. The molecule has 104 valence electrons. The van der Waals surface area contributed by atoms with Crippen LogP contribution in [0.2, 0.25) is 0 Å². The molecule has 0 spiro atoms. The zero-order valence-corrected chi connectivity index (χ0v) is 11.0. The van der Waals surface area contributed by atoms with Gasteiger partial charge in [0.05, 0.1) is 12.3 Å². The van der Waals surface area contributed by atoms with E-state index in [1.54, 1.807) is 19.4 Å². The van der Waals surface area contributed by atoms with Crippen molar-refractivity contribution in [3.63, 3.8) is 0 Å². The Hall–Kier alpha value is -1.66. The molecule has 1 aliphatic heterocycles. The molecular formula is C13H19N3O3. The summed E-state index contributed by atoms with van der Waals surface area (Å²) in [6.45, 7) is 2.75. The Kier molecular flexibility index (Phi) is 4.70. The van der Waals surface area contributed by atoms with Crippen molar-refractivity contribution in [3.8, 4) is 0 Å². The first-order valence-corrected chi connectivity index (χ1v) is 6.39. The molecule has 1 saturated heterocycles. The number of nitrogens with zero attached hydrogens (tertiary/aromatic N) is 1. The van der Waals surface area contributed by atoms with Gasteiger partial charge in [-0.15, -0.1) is 0 Å². The lowest BCUT2D eigenvalue weighted by Crippen LogP contribution is -2.43. The number of carbonyl (C=O) groups is 1. The van der Waals surface area contributed by atoms with Crippen LogP contribution in [0.5, 0.6) is 0 Å². The number of nitrogens with one attached hydrogen (secondary N) is 2. The number of aromatic nitrogens is 1. The van der Waals surface area contributed by atoms with E-state index in [0.29, 0.717) is 31.2 Å². The summed E-state index contributed by atoms with van der Waals surface area (Å²) in [5.41, 5.74) is 0.547. The third-order valence-corrected chi connectivity index (χ3v) is 3.14. The molecule has 1 aliphatic rings. The van der Waals surface area contributed by atoms with E-state index in [4.69, 9.17) is 4.74 Å². The Morgan fingerprint density at radius 2 is 2.32 bits per heavy atom. The van der Waals surface area contributed by atoms with Crippen LogP contribution in [0.4, 0.5) is 5.69 Å². The summed E-state index contributed by atoms with van der Waals surface area (Å²) in [5.74, 6) is 0.419. The van der Waals surface area contributed by atoms with Gasteiger partial charge < -0.3 is 19.9 Å². The minimum Gasteiger partial charge on any atom is -0.383 e. The van der Waals surface area contributed by atoms with E-state index in [9.17, 15) is 9.59 Å². The van der Waals surface area contributed by atoms with Gasteiger partial charge in [-0.05, 0) is 25.1 Å². The van der Waals surface area contributed by atoms with Gasteiger partial charge in [0.2, 0.25) is 5.91 Å². The van der Waals surface area contributed by atoms with Crippen LogP contribution < -0.4 is 16.2 Å². The predicted octanol–water partition coefficient (Wildman–Crippen LogP) is 0.0427. The summed E-state index contributed by atoms with van der Waals surface area (Å²) in [6.07, 6.45) is 2.17. The van der Waals surface area contributed by atoms with Crippen molar-refractivity contribution in [2.45, 2.75) is 13.0 Å². The number of hydrogen-bond acceptors (Lipinski definition) is 4. The van der Waals surface area contributed by atoms with Crippen LogP contribution in [-0.2, 0) is 16.1 Å². The molecule has 0 aliphatic carbocycles. The van der Waals surface area contributed by atoms with Crippen LogP contribution in [-0.4, -0.2) is 37.3 Å². The maximum absolute atomic E-state index is 11.8. The molecule has 1 fully saturated rings. The van der Waals surface area contributed by atoms with Crippen molar-refractivity contribution in [3.05, 3.63) is 28.7 Å². The number of rotatable bonds is 6. The molecule has 19 heavy (non-hydrogen) atoms. The van der Waals surface area contributed by atoms with Crippen LogP contribution in [0.15, 0.2) is 23.1 Å². The second kappa shape index (κ2) is 6.49. The lowest BCUT2D eigenvalue weighted by Gasteiger charge is -2.26.